The van der Waals surface area contributed by atoms with E-state index in [1.165, 1.54) is 39.1 Å². The number of nitrogens with one attached hydrogen (secondary N) is 1. The minimum atomic E-state index is -0.526. The van der Waals surface area contributed by atoms with E-state index in [0.717, 1.165) is 6.54 Å². The lowest BCUT2D eigenvalue weighted by molar-refractivity contribution is -0.385. The maximum Gasteiger partial charge on any atom is 0.372 e. The number of hydrogen-bond acceptors (Lipinski definition) is 7. The van der Waals surface area contributed by atoms with Crippen molar-refractivity contribution in [2.45, 2.75) is 31.7 Å². The highest BCUT2D eigenvalue weighted by Gasteiger charge is 2.24. The van der Waals surface area contributed by atoms with E-state index in [0.29, 0.717) is 12.6 Å². The summed E-state index contributed by atoms with van der Waals surface area (Å²) in [6.07, 6.45) is 6.30. The highest BCUT2D eigenvalue weighted by Crippen LogP contribution is 2.30. The van der Waals surface area contributed by atoms with Crippen LogP contribution in [0.3, 0.4) is 0 Å². The number of rotatable bonds is 7. The molecular weight excluding hydrogens is 274 g/mol. The van der Waals surface area contributed by atoms with E-state index in [2.05, 4.69) is 27.2 Å². The summed E-state index contributed by atoms with van der Waals surface area (Å²) >= 11 is 0. The average molecular weight is 295 g/mol. The van der Waals surface area contributed by atoms with E-state index >= 15 is 0 Å². The largest absolute Gasteiger partial charge is 0.476 e. The van der Waals surface area contributed by atoms with Crippen LogP contribution in [0.5, 0.6) is 5.88 Å². The Hall–Kier alpha value is -1.96. The van der Waals surface area contributed by atoms with Gasteiger partial charge in [0.2, 0.25) is 5.82 Å². The molecule has 1 fully saturated rings. The van der Waals surface area contributed by atoms with Gasteiger partial charge in [0.1, 0.15) is 6.33 Å². The Kier molecular flexibility index (Phi) is 5.26. The number of ether oxygens (including phenoxy) is 1. The van der Waals surface area contributed by atoms with Gasteiger partial charge in [0.25, 0.3) is 5.88 Å². The molecule has 0 radical (unpaired) electrons. The Balaban J connectivity index is 1.95. The first-order valence-electron chi connectivity index (χ1n) is 7.11. The van der Waals surface area contributed by atoms with Crippen molar-refractivity contribution in [1.29, 1.82) is 0 Å². The second-order valence-corrected chi connectivity index (χ2v) is 5.18. The first kappa shape index (κ1) is 15.4. The summed E-state index contributed by atoms with van der Waals surface area (Å²) in [7, 11) is 3.44. The second kappa shape index (κ2) is 7.16. The van der Waals surface area contributed by atoms with E-state index in [9.17, 15) is 10.1 Å². The van der Waals surface area contributed by atoms with Crippen molar-refractivity contribution < 1.29 is 9.66 Å². The molecule has 0 aromatic carbocycles. The van der Waals surface area contributed by atoms with Crippen molar-refractivity contribution in [1.82, 2.24) is 14.9 Å². The molecule has 2 rings (SSSR count). The van der Waals surface area contributed by atoms with Crippen LogP contribution in [0.4, 0.5) is 11.5 Å². The zero-order valence-corrected chi connectivity index (χ0v) is 12.4. The molecule has 0 spiro atoms. The predicted octanol–water partition coefficient (Wildman–Crippen LogP) is 1.68. The van der Waals surface area contributed by atoms with E-state index in [1.807, 2.05) is 0 Å². The van der Waals surface area contributed by atoms with Gasteiger partial charge in [-0.1, -0.05) is 12.8 Å². The molecule has 0 unspecified atom stereocenters. The van der Waals surface area contributed by atoms with Crippen LogP contribution in [0.25, 0.3) is 0 Å². The summed E-state index contributed by atoms with van der Waals surface area (Å²) < 4.78 is 4.91. The smallest absolute Gasteiger partial charge is 0.372 e. The number of likely N-dealkylation sites (N-methyl/N-ethyl adjacent to an activating group) is 1. The van der Waals surface area contributed by atoms with Gasteiger partial charge in [-0.25, -0.2) is 4.98 Å². The molecule has 21 heavy (non-hydrogen) atoms. The van der Waals surface area contributed by atoms with Gasteiger partial charge in [-0.15, -0.1) is 0 Å². The minimum absolute atomic E-state index is 0.0263. The monoisotopic (exact) mass is 295 g/mol. The summed E-state index contributed by atoms with van der Waals surface area (Å²) in [6.45, 7) is 1.40. The lowest BCUT2D eigenvalue weighted by Crippen LogP contribution is -2.33. The molecule has 0 bridgehead atoms. The van der Waals surface area contributed by atoms with Crippen LogP contribution in [-0.4, -0.2) is 53.1 Å². The molecule has 0 atom stereocenters. The Morgan fingerprint density at radius 1 is 1.48 bits per heavy atom. The first-order chi connectivity index (χ1) is 10.1. The van der Waals surface area contributed by atoms with Gasteiger partial charge in [0.15, 0.2) is 0 Å². The van der Waals surface area contributed by atoms with Crippen LogP contribution in [0.1, 0.15) is 25.7 Å². The average Bonchev–Trinajstić information content (AvgIpc) is 3.00. The van der Waals surface area contributed by atoms with Crippen LogP contribution >= 0.6 is 0 Å². The number of methoxy groups -OCH3 is 1. The predicted molar refractivity (Wildman–Crippen MR) is 78.6 cm³/mol. The van der Waals surface area contributed by atoms with E-state index in [1.54, 1.807) is 0 Å². The molecule has 1 aliphatic rings. The van der Waals surface area contributed by atoms with Crippen LogP contribution in [-0.2, 0) is 0 Å². The number of anilines is 1. The van der Waals surface area contributed by atoms with Gasteiger partial charge >= 0.3 is 5.69 Å². The molecule has 1 aromatic heterocycles. The summed E-state index contributed by atoms with van der Waals surface area (Å²) in [5.74, 6) is 0.174. The molecule has 1 heterocycles. The Morgan fingerprint density at radius 3 is 2.81 bits per heavy atom. The number of nitrogens with zero attached hydrogens (tertiary/aromatic N) is 4. The van der Waals surface area contributed by atoms with Crippen molar-refractivity contribution in [3.63, 3.8) is 0 Å². The summed E-state index contributed by atoms with van der Waals surface area (Å²) in [4.78, 5) is 20.6. The summed E-state index contributed by atoms with van der Waals surface area (Å²) in [5, 5.41) is 14.1. The third kappa shape index (κ3) is 3.78. The van der Waals surface area contributed by atoms with Crippen molar-refractivity contribution >= 4 is 11.5 Å². The third-order valence-corrected chi connectivity index (χ3v) is 3.87. The fraction of sp³-hybridized carbons (Fsp3) is 0.692. The van der Waals surface area contributed by atoms with Crippen LogP contribution < -0.4 is 10.1 Å². The van der Waals surface area contributed by atoms with Gasteiger partial charge in [0, 0.05) is 19.1 Å². The molecular formula is C13H21N5O3. The van der Waals surface area contributed by atoms with Crippen LogP contribution in [0.15, 0.2) is 6.33 Å². The third-order valence-electron chi connectivity index (χ3n) is 3.87. The second-order valence-electron chi connectivity index (χ2n) is 5.18. The van der Waals surface area contributed by atoms with Crippen LogP contribution in [0.2, 0.25) is 0 Å². The number of aromatic nitrogens is 2. The molecule has 1 aromatic rings. The van der Waals surface area contributed by atoms with Crippen molar-refractivity contribution in [3.05, 3.63) is 16.4 Å². The van der Waals surface area contributed by atoms with E-state index in [-0.39, 0.29) is 17.4 Å². The molecule has 1 N–H and O–H groups in total. The number of nitro groups is 1. The molecule has 0 aliphatic heterocycles. The quantitative estimate of drug-likeness (QED) is 0.604. The molecule has 0 amide bonds. The molecule has 8 heteroatoms. The fourth-order valence-corrected chi connectivity index (χ4v) is 2.68. The molecule has 1 aliphatic carbocycles. The SMILES string of the molecule is COc1ncnc(NCCN(C)C2CCCC2)c1[N+](=O)[O-]. The molecule has 1 saturated carbocycles. The number of hydrogen-bond donors (Lipinski definition) is 1. The van der Waals surface area contributed by atoms with Crippen molar-refractivity contribution in [2.75, 3.05) is 32.6 Å². The van der Waals surface area contributed by atoms with E-state index < -0.39 is 4.92 Å². The van der Waals surface area contributed by atoms with Gasteiger partial charge in [-0.2, -0.15) is 4.98 Å². The van der Waals surface area contributed by atoms with Crippen molar-refractivity contribution in [2.24, 2.45) is 0 Å². The van der Waals surface area contributed by atoms with Gasteiger partial charge < -0.3 is 15.0 Å². The Labute approximate surface area is 123 Å². The standard InChI is InChI=1S/C13H21N5O3/c1-17(10-5-3-4-6-10)8-7-14-12-11(18(19)20)13(21-2)16-9-15-12/h9-10H,3-8H2,1-2H3,(H,14,15,16). The highest BCUT2D eigenvalue weighted by molar-refractivity contribution is 5.60. The maximum atomic E-state index is 11.1. The maximum absolute atomic E-state index is 11.1. The van der Waals surface area contributed by atoms with Crippen molar-refractivity contribution in [3.8, 4) is 5.88 Å². The van der Waals surface area contributed by atoms with E-state index in [4.69, 9.17) is 4.74 Å². The lowest BCUT2D eigenvalue weighted by atomic mass is 10.2. The minimum Gasteiger partial charge on any atom is -0.476 e. The zero-order valence-electron chi connectivity index (χ0n) is 12.4. The molecule has 0 saturated heterocycles. The fourth-order valence-electron chi connectivity index (χ4n) is 2.68. The van der Waals surface area contributed by atoms with Gasteiger partial charge in [0.05, 0.1) is 12.0 Å². The lowest BCUT2D eigenvalue weighted by Gasteiger charge is -2.23. The van der Waals surface area contributed by atoms with Crippen LogP contribution in [0, 0.1) is 10.1 Å². The topological polar surface area (TPSA) is 93.4 Å². The highest BCUT2D eigenvalue weighted by atomic mass is 16.6. The normalized spacial score (nSPS) is 15.4. The van der Waals surface area contributed by atoms with Gasteiger partial charge in [-0.05, 0) is 19.9 Å². The first-order valence-corrected chi connectivity index (χ1v) is 7.11. The van der Waals surface area contributed by atoms with Gasteiger partial charge in [-0.3, -0.25) is 10.1 Å². The zero-order chi connectivity index (χ0) is 15.2. The summed E-state index contributed by atoms with van der Waals surface area (Å²) in [6, 6.07) is 0.627. The molecule has 8 nitrogen and oxygen atoms in total. The molecule has 116 valence electrons. The summed E-state index contributed by atoms with van der Waals surface area (Å²) in [5.41, 5.74) is -0.219. The Bertz CT molecular complexity index is 491. The Morgan fingerprint density at radius 2 is 2.19 bits per heavy atom.